The number of nitrogens with one attached hydrogen (secondary N) is 1. The molecule has 0 saturated heterocycles. The summed E-state index contributed by atoms with van der Waals surface area (Å²) in [6.07, 6.45) is 4.23. The van der Waals surface area contributed by atoms with E-state index in [2.05, 4.69) is 4.72 Å². The Morgan fingerprint density at radius 3 is 2.50 bits per heavy atom. The highest BCUT2D eigenvalue weighted by molar-refractivity contribution is 7.91. The van der Waals surface area contributed by atoms with Gasteiger partial charge in [0.1, 0.15) is 4.21 Å². The zero-order valence-electron chi connectivity index (χ0n) is 11.1. The molecule has 0 aromatic carbocycles. The van der Waals surface area contributed by atoms with Crippen molar-refractivity contribution in [3.05, 3.63) is 16.0 Å². The van der Waals surface area contributed by atoms with Crippen LogP contribution in [0.15, 0.2) is 10.3 Å². The van der Waals surface area contributed by atoms with Crippen LogP contribution in [-0.4, -0.2) is 18.9 Å². The van der Waals surface area contributed by atoms with E-state index in [0.29, 0.717) is 17.2 Å². The molecule has 1 aromatic heterocycles. The second kappa shape index (κ2) is 5.88. The number of aryl methyl sites for hydroxylation is 1. The Labute approximate surface area is 133 Å². The lowest BCUT2D eigenvalue weighted by molar-refractivity contribution is 0.353. The second-order valence-corrected chi connectivity index (χ2v) is 9.14. The summed E-state index contributed by atoms with van der Waals surface area (Å²) in [5, 5.41) is 0. The number of hydrogen-bond donors (Lipinski definition) is 2. The standard InChI is InChI=1S/C12H17ClN2O2S3/c1-8-7-9(19-10(8)13)20(16,17)15-12(11(14)18)5-3-2-4-6-12/h7,15H,2-6H2,1H3,(H2,14,18). The molecule has 0 atom stereocenters. The van der Waals surface area contributed by atoms with E-state index in [1.54, 1.807) is 13.0 Å². The van der Waals surface area contributed by atoms with Crippen molar-refractivity contribution in [1.29, 1.82) is 0 Å². The van der Waals surface area contributed by atoms with Gasteiger partial charge < -0.3 is 5.73 Å². The number of halogens is 1. The van der Waals surface area contributed by atoms with E-state index in [0.717, 1.165) is 36.2 Å². The lowest BCUT2D eigenvalue weighted by Gasteiger charge is -2.36. The topological polar surface area (TPSA) is 72.2 Å². The first kappa shape index (κ1) is 16.2. The Morgan fingerprint density at radius 2 is 2.05 bits per heavy atom. The van der Waals surface area contributed by atoms with E-state index in [-0.39, 0.29) is 9.20 Å². The number of hydrogen-bond acceptors (Lipinski definition) is 4. The summed E-state index contributed by atoms with van der Waals surface area (Å²) in [4.78, 5) is 0.222. The number of nitrogens with two attached hydrogens (primary N) is 1. The van der Waals surface area contributed by atoms with Crippen LogP contribution in [0, 0.1) is 6.92 Å². The summed E-state index contributed by atoms with van der Waals surface area (Å²) in [5.74, 6) is 0. The molecule has 1 saturated carbocycles. The molecule has 20 heavy (non-hydrogen) atoms. The van der Waals surface area contributed by atoms with Gasteiger partial charge in [0.15, 0.2) is 0 Å². The quantitative estimate of drug-likeness (QED) is 0.817. The molecule has 0 bridgehead atoms. The maximum atomic E-state index is 12.5. The highest BCUT2D eigenvalue weighted by atomic mass is 35.5. The SMILES string of the molecule is Cc1cc(S(=O)(=O)NC2(C(N)=S)CCCCC2)sc1Cl. The molecule has 1 aromatic rings. The van der Waals surface area contributed by atoms with Crippen molar-refractivity contribution >= 4 is 50.2 Å². The maximum Gasteiger partial charge on any atom is 0.251 e. The fourth-order valence-electron chi connectivity index (χ4n) is 2.43. The van der Waals surface area contributed by atoms with Gasteiger partial charge in [-0.3, -0.25) is 0 Å². The van der Waals surface area contributed by atoms with Crippen LogP contribution >= 0.6 is 35.2 Å². The van der Waals surface area contributed by atoms with Gasteiger partial charge in [0.25, 0.3) is 10.0 Å². The van der Waals surface area contributed by atoms with Crippen molar-refractivity contribution in [2.24, 2.45) is 5.73 Å². The van der Waals surface area contributed by atoms with E-state index in [9.17, 15) is 8.42 Å². The van der Waals surface area contributed by atoms with Crippen LogP contribution in [0.3, 0.4) is 0 Å². The van der Waals surface area contributed by atoms with Gasteiger partial charge in [-0.25, -0.2) is 8.42 Å². The van der Waals surface area contributed by atoms with Gasteiger partial charge in [0.2, 0.25) is 0 Å². The molecule has 2 rings (SSSR count). The molecule has 3 N–H and O–H groups in total. The van der Waals surface area contributed by atoms with Gasteiger partial charge in [-0.15, -0.1) is 11.3 Å². The summed E-state index contributed by atoms with van der Waals surface area (Å²) in [6, 6.07) is 1.57. The lowest BCUT2D eigenvalue weighted by atomic mass is 9.82. The molecule has 112 valence electrons. The predicted octanol–water partition coefficient (Wildman–Crippen LogP) is 2.98. The van der Waals surface area contributed by atoms with Crippen molar-refractivity contribution in [3.63, 3.8) is 0 Å². The molecule has 1 heterocycles. The molecule has 4 nitrogen and oxygen atoms in total. The van der Waals surface area contributed by atoms with Crippen LogP contribution in [-0.2, 0) is 10.0 Å². The van der Waals surface area contributed by atoms with Crippen molar-refractivity contribution in [3.8, 4) is 0 Å². The molecule has 0 amide bonds. The Morgan fingerprint density at radius 1 is 1.45 bits per heavy atom. The highest BCUT2D eigenvalue weighted by Gasteiger charge is 2.39. The third-order valence-corrected chi connectivity index (χ3v) is 7.56. The van der Waals surface area contributed by atoms with E-state index >= 15 is 0 Å². The molecule has 0 spiro atoms. The monoisotopic (exact) mass is 352 g/mol. The average molecular weight is 353 g/mol. The largest absolute Gasteiger partial charge is 0.392 e. The molecule has 1 fully saturated rings. The number of thiocarbonyl (C=S) groups is 1. The van der Waals surface area contributed by atoms with Crippen LogP contribution in [0.4, 0.5) is 0 Å². The first-order valence-electron chi connectivity index (χ1n) is 6.37. The van der Waals surface area contributed by atoms with Gasteiger partial charge in [-0.1, -0.05) is 43.1 Å². The Balaban J connectivity index is 2.32. The highest BCUT2D eigenvalue weighted by Crippen LogP contribution is 2.34. The zero-order chi connectivity index (χ0) is 15.0. The Hall–Kier alpha value is -0.210. The molecule has 1 aliphatic rings. The molecular formula is C12H17ClN2O2S3. The smallest absolute Gasteiger partial charge is 0.251 e. The van der Waals surface area contributed by atoms with Gasteiger partial charge in [0, 0.05) is 0 Å². The zero-order valence-corrected chi connectivity index (χ0v) is 14.3. The van der Waals surface area contributed by atoms with Crippen LogP contribution < -0.4 is 10.5 Å². The fraction of sp³-hybridized carbons (Fsp3) is 0.583. The Bertz CT molecular complexity index is 599. The summed E-state index contributed by atoms with van der Waals surface area (Å²) in [6.45, 7) is 1.78. The Kier molecular flexibility index (Phi) is 4.76. The average Bonchev–Trinajstić information content (AvgIpc) is 2.71. The van der Waals surface area contributed by atoms with Gasteiger partial charge in [-0.05, 0) is 31.4 Å². The first-order valence-corrected chi connectivity index (χ1v) is 9.45. The first-order chi connectivity index (χ1) is 9.27. The van der Waals surface area contributed by atoms with Crippen molar-refractivity contribution in [2.75, 3.05) is 0 Å². The van der Waals surface area contributed by atoms with E-state index in [4.69, 9.17) is 29.6 Å². The predicted molar refractivity (Wildman–Crippen MR) is 87.0 cm³/mol. The molecule has 8 heteroatoms. The van der Waals surface area contributed by atoms with Gasteiger partial charge >= 0.3 is 0 Å². The van der Waals surface area contributed by atoms with Gasteiger partial charge in [-0.2, -0.15) is 4.72 Å². The summed E-state index contributed by atoms with van der Waals surface area (Å²) in [5.41, 5.74) is 5.76. The van der Waals surface area contributed by atoms with Crippen LogP contribution in [0.1, 0.15) is 37.7 Å². The number of sulfonamides is 1. The van der Waals surface area contributed by atoms with Crippen LogP contribution in [0.25, 0.3) is 0 Å². The normalized spacial score (nSPS) is 18.9. The van der Waals surface area contributed by atoms with Crippen molar-refractivity contribution in [1.82, 2.24) is 4.72 Å². The van der Waals surface area contributed by atoms with E-state index < -0.39 is 15.6 Å². The third kappa shape index (κ3) is 3.17. The minimum Gasteiger partial charge on any atom is -0.392 e. The fourth-order valence-corrected chi connectivity index (χ4v) is 5.89. The molecular weight excluding hydrogens is 336 g/mol. The molecule has 1 aliphatic carbocycles. The van der Waals surface area contributed by atoms with Crippen molar-refractivity contribution < 1.29 is 8.42 Å². The van der Waals surface area contributed by atoms with Crippen molar-refractivity contribution in [2.45, 2.75) is 48.8 Å². The van der Waals surface area contributed by atoms with Crippen LogP contribution in [0.2, 0.25) is 4.34 Å². The molecule has 0 radical (unpaired) electrons. The minimum atomic E-state index is -3.65. The summed E-state index contributed by atoms with van der Waals surface area (Å²) < 4.78 is 28.4. The summed E-state index contributed by atoms with van der Waals surface area (Å²) >= 11 is 12.1. The third-order valence-electron chi connectivity index (χ3n) is 3.61. The van der Waals surface area contributed by atoms with E-state index in [1.165, 1.54) is 0 Å². The maximum absolute atomic E-state index is 12.5. The minimum absolute atomic E-state index is 0.209. The number of thiophene rings is 1. The number of rotatable bonds is 4. The molecule has 0 aliphatic heterocycles. The van der Waals surface area contributed by atoms with Crippen LogP contribution in [0.5, 0.6) is 0 Å². The second-order valence-electron chi connectivity index (χ2n) is 5.13. The molecule has 0 unspecified atom stereocenters. The van der Waals surface area contributed by atoms with E-state index in [1.807, 2.05) is 0 Å². The lowest BCUT2D eigenvalue weighted by Crippen LogP contribution is -2.57. The van der Waals surface area contributed by atoms with Gasteiger partial charge in [0.05, 0.1) is 14.9 Å². The summed E-state index contributed by atoms with van der Waals surface area (Å²) in [7, 11) is -3.65.